The Kier molecular flexibility index (Phi) is 4.23. The molecule has 5 nitrogen and oxygen atoms in total. The first-order chi connectivity index (χ1) is 7.95. The number of carbonyl (C=O) groups excluding carboxylic acids is 1. The van der Waals surface area contributed by atoms with Crippen LogP contribution in [0.15, 0.2) is 18.2 Å². The predicted octanol–water partition coefficient (Wildman–Crippen LogP) is 1.67. The molecule has 0 aliphatic rings. The minimum atomic E-state index is -1.02. The third kappa shape index (κ3) is 3.29. The second-order valence-corrected chi connectivity index (χ2v) is 3.70. The summed E-state index contributed by atoms with van der Waals surface area (Å²) >= 11 is 0. The number of carbonyl (C=O) groups is 2. The maximum Gasteiger partial charge on any atom is 0.336 e. The Hall–Kier alpha value is -1.88. The number of carboxylic acid groups (broad SMARTS) is 1. The molecule has 1 aromatic carbocycles. The number of rotatable bonds is 4. The molecular weight excluding hydrogens is 222 g/mol. The van der Waals surface area contributed by atoms with Gasteiger partial charge >= 0.3 is 5.97 Å². The van der Waals surface area contributed by atoms with Crippen molar-refractivity contribution in [1.29, 1.82) is 0 Å². The van der Waals surface area contributed by atoms with Gasteiger partial charge in [-0.1, -0.05) is 6.07 Å². The smallest absolute Gasteiger partial charge is 0.336 e. The van der Waals surface area contributed by atoms with E-state index < -0.39 is 12.1 Å². The van der Waals surface area contributed by atoms with E-state index in [1.54, 1.807) is 26.0 Å². The second kappa shape index (κ2) is 5.45. The summed E-state index contributed by atoms with van der Waals surface area (Å²) in [5.74, 6) is -1.33. The minimum Gasteiger partial charge on any atom is -0.478 e. The van der Waals surface area contributed by atoms with E-state index in [1.165, 1.54) is 13.2 Å². The lowest BCUT2D eigenvalue weighted by Crippen LogP contribution is -2.26. The summed E-state index contributed by atoms with van der Waals surface area (Å²) in [5, 5.41) is 11.5. The summed E-state index contributed by atoms with van der Waals surface area (Å²) in [6.45, 7) is 3.31. The Morgan fingerprint density at radius 1 is 1.41 bits per heavy atom. The molecule has 0 aliphatic heterocycles. The van der Waals surface area contributed by atoms with Gasteiger partial charge in [0.1, 0.15) is 6.10 Å². The van der Waals surface area contributed by atoms with Crippen molar-refractivity contribution in [2.24, 2.45) is 0 Å². The number of anilines is 1. The molecule has 92 valence electrons. The number of methoxy groups -OCH3 is 1. The van der Waals surface area contributed by atoms with E-state index in [0.717, 1.165) is 0 Å². The zero-order valence-electron chi connectivity index (χ0n) is 9.98. The van der Waals surface area contributed by atoms with Gasteiger partial charge in [-0.3, -0.25) is 4.79 Å². The molecule has 5 heteroatoms. The number of benzene rings is 1. The number of ether oxygens (including phenoxy) is 1. The van der Waals surface area contributed by atoms with Gasteiger partial charge < -0.3 is 15.2 Å². The molecule has 0 spiro atoms. The van der Waals surface area contributed by atoms with Gasteiger partial charge in [0, 0.05) is 12.8 Å². The molecule has 0 saturated carbocycles. The monoisotopic (exact) mass is 237 g/mol. The highest BCUT2D eigenvalue weighted by Gasteiger charge is 2.13. The fraction of sp³-hybridized carbons (Fsp3) is 0.333. The van der Waals surface area contributed by atoms with Crippen molar-refractivity contribution in [2.75, 3.05) is 12.4 Å². The summed E-state index contributed by atoms with van der Waals surface area (Å²) in [4.78, 5) is 22.4. The average molecular weight is 237 g/mol. The van der Waals surface area contributed by atoms with Gasteiger partial charge in [-0.2, -0.15) is 0 Å². The van der Waals surface area contributed by atoms with E-state index >= 15 is 0 Å². The summed E-state index contributed by atoms with van der Waals surface area (Å²) in [7, 11) is 1.43. The Morgan fingerprint density at radius 2 is 2.06 bits per heavy atom. The summed E-state index contributed by atoms with van der Waals surface area (Å²) in [6, 6.07) is 4.73. The molecule has 1 rings (SSSR count). The first-order valence-corrected chi connectivity index (χ1v) is 5.13. The Morgan fingerprint density at radius 3 is 2.59 bits per heavy atom. The lowest BCUT2D eigenvalue weighted by atomic mass is 10.1. The first-order valence-electron chi connectivity index (χ1n) is 5.13. The molecule has 0 fully saturated rings. The quantitative estimate of drug-likeness (QED) is 0.835. The van der Waals surface area contributed by atoms with E-state index in [1.807, 2.05) is 0 Å². The van der Waals surface area contributed by atoms with Crippen LogP contribution in [0.2, 0.25) is 0 Å². The molecule has 1 aromatic rings. The minimum absolute atomic E-state index is 0.174. The molecule has 1 unspecified atom stereocenters. The van der Waals surface area contributed by atoms with Gasteiger partial charge in [-0.15, -0.1) is 0 Å². The fourth-order valence-electron chi connectivity index (χ4n) is 1.28. The number of hydrogen-bond donors (Lipinski definition) is 2. The lowest BCUT2D eigenvalue weighted by molar-refractivity contribution is -0.124. The van der Waals surface area contributed by atoms with Crippen molar-refractivity contribution in [2.45, 2.75) is 20.0 Å². The van der Waals surface area contributed by atoms with Crippen LogP contribution in [0.3, 0.4) is 0 Å². The molecule has 0 radical (unpaired) electrons. The van der Waals surface area contributed by atoms with Crippen LogP contribution in [-0.4, -0.2) is 30.2 Å². The van der Waals surface area contributed by atoms with Gasteiger partial charge in [-0.05, 0) is 31.5 Å². The van der Waals surface area contributed by atoms with E-state index in [2.05, 4.69) is 5.32 Å². The normalized spacial score (nSPS) is 11.9. The van der Waals surface area contributed by atoms with Gasteiger partial charge in [-0.25, -0.2) is 4.79 Å². The number of aromatic carboxylic acids is 1. The molecular formula is C12H15NO4. The fourth-order valence-corrected chi connectivity index (χ4v) is 1.28. The zero-order valence-corrected chi connectivity index (χ0v) is 9.98. The van der Waals surface area contributed by atoms with Crippen LogP contribution in [0.5, 0.6) is 0 Å². The zero-order chi connectivity index (χ0) is 13.0. The summed E-state index contributed by atoms with van der Waals surface area (Å²) in [5.41, 5.74) is 1.27. The van der Waals surface area contributed by atoms with E-state index in [0.29, 0.717) is 11.3 Å². The average Bonchev–Trinajstić information content (AvgIpc) is 2.30. The topological polar surface area (TPSA) is 75.6 Å². The highest BCUT2D eigenvalue weighted by Crippen LogP contribution is 2.15. The van der Waals surface area contributed by atoms with Crippen molar-refractivity contribution >= 4 is 17.6 Å². The summed E-state index contributed by atoms with van der Waals surface area (Å²) in [6.07, 6.45) is -0.579. The Balaban J connectivity index is 2.90. The standard InChI is InChI=1S/C12H15NO4/c1-7-4-5-9(6-10(7)12(15)16)13-11(14)8(2)17-3/h4-6,8H,1-3H3,(H,13,14)(H,15,16). The largest absolute Gasteiger partial charge is 0.478 e. The van der Waals surface area contributed by atoms with E-state index in [-0.39, 0.29) is 11.5 Å². The third-order valence-corrected chi connectivity index (χ3v) is 2.46. The van der Waals surface area contributed by atoms with Crippen molar-refractivity contribution in [1.82, 2.24) is 0 Å². The van der Waals surface area contributed by atoms with Crippen molar-refractivity contribution in [3.8, 4) is 0 Å². The Labute approximate surface area is 99.4 Å². The van der Waals surface area contributed by atoms with Crippen molar-refractivity contribution < 1.29 is 19.4 Å². The maximum atomic E-state index is 11.5. The molecule has 1 amide bonds. The number of amides is 1. The first kappa shape index (κ1) is 13.2. The third-order valence-electron chi connectivity index (χ3n) is 2.46. The van der Waals surface area contributed by atoms with Crippen LogP contribution in [0.4, 0.5) is 5.69 Å². The highest BCUT2D eigenvalue weighted by molar-refractivity contribution is 5.96. The van der Waals surface area contributed by atoms with E-state index in [9.17, 15) is 9.59 Å². The van der Waals surface area contributed by atoms with E-state index in [4.69, 9.17) is 9.84 Å². The molecule has 17 heavy (non-hydrogen) atoms. The molecule has 0 aliphatic carbocycles. The van der Waals surface area contributed by atoms with Crippen LogP contribution in [0.25, 0.3) is 0 Å². The maximum absolute atomic E-state index is 11.5. The molecule has 0 bridgehead atoms. The van der Waals surface area contributed by atoms with Crippen molar-refractivity contribution in [3.05, 3.63) is 29.3 Å². The van der Waals surface area contributed by atoms with Gasteiger partial charge in [0.05, 0.1) is 5.56 Å². The highest BCUT2D eigenvalue weighted by atomic mass is 16.5. The van der Waals surface area contributed by atoms with Crippen LogP contribution in [0, 0.1) is 6.92 Å². The van der Waals surface area contributed by atoms with Crippen LogP contribution in [0.1, 0.15) is 22.8 Å². The number of hydrogen-bond acceptors (Lipinski definition) is 3. The van der Waals surface area contributed by atoms with Crippen LogP contribution in [-0.2, 0) is 9.53 Å². The molecule has 1 atom stereocenters. The van der Waals surface area contributed by atoms with Crippen LogP contribution < -0.4 is 5.32 Å². The van der Waals surface area contributed by atoms with Gasteiger partial charge in [0.2, 0.25) is 0 Å². The van der Waals surface area contributed by atoms with Gasteiger partial charge in [0.25, 0.3) is 5.91 Å². The number of nitrogens with one attached hydrogen (secondary N) is 1. The lowest BCUT2D eigenvalue weighted by Gasteiger charge is -2.11. The number of carboxylic acids is 1. The SMILES string of the molecule is COC(C)C(=O)Nc1ccc(C)c(C(=O)O)c1. The molecule has 0 aromatic heterocycles. The molecule has 2 N–H and O–H groups in total. The predicted molar refractivity (Wildman–Crippen MR) is 63.2 cm³/mol. The Bertz CT molecular complexity index is 442. The van der Waals surface area contributed by atoms with Gasteiger partial charge in [0.15, 0.2) is 0 Å². The number of aryl methyl sites for hydroxylation is 1. The second-order valence-electron chi connectivity index (χ2n) is 3.70. The van der Waals surface area contributed by atoms with Crippen LogP contribution >= 0.6 is 0 Å². The molecule has 0 heterocycles. The molecule has 0 saturated heterocycles. The summed E-state index contributed by atoms with van der Waals surface area (Å²) < 4.78 is 4.86. The van der Waals surface area contributed by atoms with Crippen molar-refractivity contribution in [3.63, 3.8) is 0 Å².